The summed E-state index contributed by atoms with van der Waals surface area (Å²) in [5, 5.41) is 18.8. The molecule has 7 nitrogen and oxygen atoms in total. The summed E-state index contributed by atoms with van der Waals surface area (Å²) in [4.78, 5) is 26.6. The van der Waals surface area contributed by atoms with Crippen LogP contribution in [0, 0.1) is 0 Å². The van der Waals surface area contributed by atoms with Crippen molar-refractivity contribution >= 4 is 22.9 Å². The number of hydrogen-bond acceptors (Lipinski definition) is 4. The van der Waals surface area contributed by atoms with Crippen molar-refractivity contribution in [2.45, 2.75) is 0 Å². The smallest absolute Gasteiger partial charge is 0.423 e. The molecule has 0 aliphatic heterocycles. The SMILES string of the molecule is O=C(O)NNC(=O)c1ccc(-c2ccc3cc(O)ccc3n2)cc1. The third-order valence-corrected chi connectivity index (χ3v) is 3.40. The fourth-order valence-electron chi connectivity index (χ4n) is 2.25. The fourth-order valence-corrected chi connectivity index (χ4v) is 2.25. The highest BCUT2D eigenvalue weighted by Gasteiger charge is 2.08. The van der Waals surface area contributed by atoms with Gasteiger partial charge in [0, 0.05) is 16.5 Å². The zero-order valence-corrected chi connectivity index (χ0v) is 12.4. The maximum atomic E-state index is 11.7. The van der Waals surface area contributed by atoms with Gasteiger partial charge in [-0.3, -0.25) is 10.2 Å². The zero-order chi connectivity index (χ0) is 17.1. The summed E-state index contributed by atoms with van der Waals surface area (Å²) in [5.74, 6) is -0.367. The highest BCUT2D eigenvalue weighted by atomic mass is 16.4. The number of hydrazine groups is 1. The van der Waals surface area contributed by atoms with E-state index in [0.717, 1.165) is 22.2 Å². The van der Waals surface area contributed by atoms with E-state index in [1.54, 1.807) is 47.9 Å². The summed E-state index contributed by atoms with van der Waals surface area (Å²) in [6.07, 6.45) is -1.34. The maximum absolute atomic E-state index is 11.7. The number of fused-ring (bicyclic) bond motifs is 1. The van der Waals surface area contributed by atoms with Gasteiger partial charge in [-0.15, -0.1) is 0 Å². The van der Waals surface area contributed by atoms with E-state index >= 15 is 0 Å². The Balaban J connectivity index is 1.84. The van der Waals surface area contributed by atoms with Gasteiger partial charge in [-0.05, 0) is 36.4 Å². The molecule has 2 aromatic carbocycles. The van der Waals surface area contributed by atoms with Crippen molar-refractivity contribution in [1.29, 1.82) is 0 Å². The topological polar surface area (TPSA) is 112 Å². The number of aromatic hydroxyl groups is 1. The number of pyridine rings is 1. The van der Waals surface area contributed by atoms with Crippen molar-refractivity contribution < 1.29 is 19.8 Å². The number of phenols is 1. The van der Waals surface area contributed by atoms with Crippen LogP contribution in [0.1, 0.15) is 10.4 Å². The molecule has 0 atom stereocenters. The zero-order valence-electron chi connectivity index (χ0n) is 12.4. The number of nitrogens with zero attached hydrogens (tertiary/aromatic N) is 1. The van der Waals surface area contributed by atoms with E-state index in [-0.39, 0.29) is 5.75 Å². The lowest BCUT2D eigenvalue weighted by molar-refractivity contribution is 0.0926. The minimum Gasteiger partial charge on any atom is -0.508 e. The Hall–Kier alpha value is -3.61. The Morgan fingerprint density at radius 1 is 0.917 bits per heavy atom. The molecule has 0 saturated heterocycles. The van der Waals surface area contributed by atoms with E-state index in [4.69, 9.17) is 5.11 Å². The van der Waals surface area contributed by atoms with Crippen LogP contribution in [-0.4, -0.2) is 27.2 Å². The molecule has 4 N–H and O–H groups in total. The van der Waals surface area contributed by atoms with Crippen LogP contribution < -0.4 is 10.9 Å². The Labute approximate surface area is 136 Å². The van der Waals surface area contributed by atoms with Crippen LogP contribution in [0.15, 0.2) is 54.6 Å². The third kappa shape index (κ3) is 3.25. The summed E-state index contributed by atoms with van der Waals surface area (Å²) >= 11 is 0. The third-order valence-electron chi connectivity index (χ3n) is 3.40. The molecule has 3 rings (SSSR count). The monoisotopic (exact) mass is 323 g/mol. The van der Waals surface area contributed by atoms with Crippen LogP contribution >= 0.6 is 0 Å². The number of carbonyl (C=O) groups is 2. The fraction of sp³-hybridized carbons (Fsp3) is 0. The predicted octanol–water partition coefficient (Wildman–Crippen LogP) is 2.52. The second kappa shape index (κ2) is 6.25. The van der Waals surface area contributed by atoms with E-state index in [0.29, 0.717) is 5.56 Å². The van der Waals surface area contributed by atoms with Crippen LogP contribution in [-0.2, 0) is 0 Å². The van der Waals surface area contributed by atoms with E-state index in [9.17, 15) is 14.7 Å². The molecule has 2 amide bonds. The summed E-state index contributed by atoms with van der Waals surface area (Å²) in [7, 11) is 0. The number of carboxylic acid groups (broad SMARTS) is 1. The molecule has 24 heavy (non-hydrogen) atoms. The number of amides is 2. The summed E-state index contributed by atoms with van der Waals surface area (Å²) in [6.45, 7) is 0. The van der Waals surface area contributed by atoms with Gasteiger partial charge in [-0.25, -0.2) is 15.2 Å². The Morgan fingerprint density at radius 2 is 1.67 bits per heavy atom. The van der Waals surface area contributed by atoms with E-state index in [2.05, 4.69) is 10.4 Å². The quantitative estimate of drug-likeness (QED) is 0.541. The van der Waals surface area contributed by atoms with Gasteiger partial charge in [0.15, 0.2) is 0 Å². The van der Waals surface area contributed by atoms with Crippen molar-refractivity contribution in [1.82, 2.24) is 15.8 Å². The van der Waals surface area contributed by atoms with Gasteiger partial charge in [0.05, 0.1) is 11.2 Å². The minimum atomic E-state index is -1.34. The average Bonchev–Trinajstić information content (AvgIpc) is 2.59. The molecule has 0 radical (unpaired) electrons. The van der Waals surface area contributed by atoms with Crippen molar-refractivity contribution in [2.75, 3.05) is 0 Å². The van der Waals surface area contributed by atoms with Crippen molar-refractivity contribution in [3.05, 3.63) is 60.2 Å². The molecule has 0 saturated carbocycles. The summed E-state index contributed by atoms with van der Waals surface area (Å²) in [6, 6.07) is 15.2. The first-order valence-corrected chi connectivity index (χ1v) is 7.02. The second-order valence-corrected chi connectivity index (χ2v) is 5.04. The maximum Gasteiger partial charge on any atom is 0.423 e. The lowest BCUT2D eigenvalue weighted by Crippen LogP contribution is -2.40. The molecule has 3 aromatic rings. The first-order chi connectivity index (χ1) is 11.5. The van der Waals surface area contributed by atoms with Gasteiger partial charge in [0.2, 0.25) is 0 Å². The largest absolute Gasteiger partial charge is 0.508 e. The van der Waals surface area contributed by atoms with E-state index in [1.807, 2.05) is 12.1 Å². The lowest BCUT2D eigenvalue weighted by atomic mass is 10.1. The molecular formula is C17H13N3O4. The van der Waals surface area contributed by atoms with Crippen molar-refractivity contribution in [2.24, 2.45) is 0 Å². The van der Waals surface area contributed by atoms with Crippen LogP contribution in [0.5, 0.6) is 5.75 Å². The first kappa shape index (κ1) is 15.3. The standard InChI is InChI=1S/C17H13N3O4/c21-13-6-8-15-12(9-13)5-7-14(18-15)10-1-3-11(4-2-10)16(22)19-20-17(23)24/h1-9,20-21H,(H,19,22)(H,23,24). The molecule has 0 spiro atoms. The van der Waals surface area contributed by atoms with Gasteiger partial charge >= 0.3 is 6.09 Å². The molecule has 0 aliphatic rings. The van der Waals surface area contributed by atoms with Crippen LogP contribution in [0.2, 0.25) is 0 Å². The van der Waals surface area contributed by atoms with E-state index < -0.39 is 12.0 Å². The summed E-state index contributed by atoms with van der Waals surface area (Å²) in [5.41, 5.74) is 6.46. The second-order valence-electron chi connectivity index (χ2n) is 5.04. The predicted molar refractivity (Wildman–Crippen MR) is 87.5 cm³/mol. The van der Waals surface area contributed by atoms with Crippen LogP contribution in [0.3, 0.4) is 0 Å². The van der Waals surface area contributed by atoms with E-state index in [1.165, 1.54) is 0 Å². The Kier molecular flexibility index (Phi) is 3.98. The number of aromatic nitrogens is 1. The van der Waals surface area contributed by atoms with Gasteiger partial charge in [-0.1, -0.05) is 18.2 Å². The summed E-state index contributed by atoms with van der Waals surface area (Å²) < 4.78 is 0. The molecule has 0 fully saturated rings. The van der Waals surface area contributed by atoms with Gasteiger partial charge in [-0.2, -0.15) is 0 Å². The minimum absolute atomic E-state index is 0.183. The number of hydrogen-bond donors (Lipinski definition) is 4. The average molecular weight is 323 g/mol. The van der Waals surface area contributed by atoms with Gasteiger partial charge in [0.1, 0.15) is 5.75 Å². The molecule has 7 heteroatoms. The Bertz CT molecular complexity index is 923. The first-order valence-electron chi connectivity index (χ1n) is 7.02. The van der Waals surface area contributed by atoms with Crippen molar-refractivity contribution in [3.63, 3.8) is 0 Å². The molecule has 0 unspecified atom stereocenters. The Morgan fingerprint density at radius 3 is 2.38 bits per heavy atom. The molecule has 1 aromatic heterocycles. The molecular weight excluding hydrogens is 310 g/mol. The molecule has 0 aliphatic carbocycles. The normalized spacial score (nSPS) is 10.3. The van der Waals surface area contributed by atoms with Crippen molar-refractivity contribution in [3.8, 4) is 17.0 Å². The highest BCUT2D eigenvalue weighted by Crippen LogP contribution is 2.23. The number of benzene rings is 2. The van der Waals surface area contributed by atoms with Gasteiger partial charge in [0.25, 0.3) is 5.91 Å². The number of phenolic OH excluding ortho intramolecular Hbond substituents is 1. The number of nitrogens with one attached hydrogen (secondary N) is 2. The van der Waals surface area contributed by atoms with Crippen LogP contribution in [0.25, 0.3) is 22.2 Å². The highest BCUT2D eigenvalue weighted by molar-refractivity contribution is 5.95. The van der Waals surface area contributed by atoms with Crippen LogP contribution in [0.4, 0.5) is 4.79 Å². The van der Waals surface area contributed by atoms with Gasteiger partial charge < -0.3 is 10.2 Å². The number of carbonyl (C=O) groups excluding carboxylic acids is 1. The molecule has 120 valence electrons. The lowest BCUT2D eigenvalue weighted by Gasteiger charge is -2.06. The molecule has 1 heterocycles. The molecule has 0 bridgehead atoms. The number of rotatable bonds is 2.